The Hall–Kier alpha value is -0.160. The molecule has 3 N–H and O–H groups in total. The zero-order valence-electron chi connectivity index (χ0n) is 9.37. The number of methoxy groups -OCH3 is 1. The van der Waals surface area contributed by atoms with Crippen LogP contribution in [0.4, 0.5) is 0 Å². The Bertz CT molecular complexity index is 66.5. The smallest absolute Gasteiger partial charge is 0.159 e. The minimum Gasteiger partial charge on any atom is -0.396 e. The van der Waals surface area contributed by atoms with E-state index in [1.54, 1.807) is 21.1 Å². The topological polar surface area (TPSA) is 69.9 Å². The summed E-state index contributed by atoms with van der Waals surface area (Å²) in [4.78, 5) is 0. The van der Waals surface area contributed by atoms with Gasteiger partial charge >= 0.3 is 0 Å². The summed E-state index contributed by atoms with van der Waals surface area (Å²) < 4.78 is 4.25. The summed E-state index contributed by atoms with van der Waals surface area (Å²) in [5.74, 6) is -1.46. The summed E-state index contributed by atoms with van der Waals surface area (Å²) in [6, 6.07) is 0. The van der Waals surface area contributed by atoms with Crippen LogP contribution < -0.4 is 0 Å². The summed E-state index contributed by atoms with van der Waals surface area (Å²) in [5.41, 5.74) is 0. The largest absolute Gasteiger partial charge is 0.396 e. The molecule has 0 bridgehead atoms. The van der Waals surface area contributed by atoms with Gasteiger partial charge in [-0.15, -0.1) is 0 Å². The molecule has 0 spiro atoms. The Balaban J connectivity index is -0.000000125. The molecule has 0 amide bonds. The summed E-state index contributed by atoms with van der Waals surface area (Å²) in [7, 11) is 3.25. The van der Waals surface area contributed by atoms with E-state index in [0.717, 1.165) is 6.42 Å². The van der Waals surface area contributed by atoms with Gasteiger partial charge in [0.2, 0.25) is 0 Å². The molecule has 0 aliphatic rings. The summed E-state index contributed by atoms with van der Waals surface area (Å²) in [5, 5.41) is 24.6. The van der Waals surface area contributed by atoms with Crippen LogP contribution in [-0.2, 0) is 4.74 Å². The second kappa shape index (κ2) is 14.4. The van der Waals surface area contributed by atoms with Crippen LogP contribution in [0.2, 0.25) is 0 Å². The van der Waals surface area contributed by atoms with Crippen molar-refractivity contribution in [3.63, 3.8) is 0 Å². The molecule has 84 valence electrons. The first-order chi connectivity index (χ1) is 5.89. The molecule has 0 rings (SSSR count). The third-order valence-corrected chi connectivity index (χ3v) is 0.893. The molecule has 13 heavy (non-hydrogen) atoms. The highest BCUT2D eigenvalue weighted by Crippen LogP contribution is 1.99. The van der Waals surface area contributed by atoms with Crippen molar-refractivity contribution in [2.24, 2.45) is 0 Å². The molecule has 4 nitrogen and oxygen atoms in total. The van der Waals surface area contributed by atoms with Gasteiger partial charge in [0.15, 0.2) is 5.79 Å². The normalized spacial score (nSPS) is 9.23. The Morgan fingerprint density at radius 3 is 1.31 bits per heavy atom. The van der Waals surface area contributed by atoms with Gasteiger partial charge in [0.1, 0.15) is 0 Å². The maximum Gasteiger partial charge on any atom is 0.159 e. The van der Waals surface area contributed by atoms with Crippen LogP contribution in [0.3, 0.4) is 0 Å². The fraction of sp³-hybridized carbons (Fsp3) is 1.00. The molecular formula is C9H24O4. The van der Waals surface area contributed by atoms with Crippen LogP contribution in [0.5, 0.6) is 0 Å². The number of rotatable bonds is 2. The van der Waals surface area contributed by atoms with E-state index < -0.39 is 5.79 Å². The third-order valence-electron chi connectivity index (χ3n) is 0.893. The Morgan fingerprint density at radius 2 is 1.31 bits per heavy atom. The van der Waals surface area contributed by atoms with Crippen LogP contribution >= 0.6 is 0 Å². The lowest BCUT2D eigenvalue weighted by atomic mass is 10.3. The highest BCUT2D eigenvalue weighted by atomic mass is 16.5. The first-order valence-corrected chi connectivity index (χ1v) is 4.35. The SMILES string of the molecule is CCC(C)(O)O.CCCO.COC. The number of aliphatic hydroxyl groups excluding tert-OH is 1. The molecule has 0 aliphatic heterocycles. The highest BCUT2D eigenvalue weighted by molar-refractivity contribution is 4.47. The van der Waals surface area contributed by atoms with Gasteiger partial charge in [0, 0.05) is 20.8 Å². The Labute approximate surface area is 81.2 Å². The van der Waals surface area contributed by atoms with Gasteiger partial charge in [-0.25, -0.2) is 0 Å². The molecule has 4 heteroatoms. The maximum atomic E-state index is 8.38. The van der Waals surface area contributed by atoms with Gasteiger partial charge in [-0.05, 0) is 19.8 Å². The molecule has 0 radical (unpaired) electrons. The second-order valence-electron chi connectivity index (χ2n) is 2.70. The molecule has 0 saturated carbocycles. The van der Waals surface area contributed by atoms with Gasteiger partial charge in [-0.3, -0.25) is 0 Å². The zero-order valence-corrected chi connectivity index (χ0v) is 9.37. The van der Waals surface area contributed by atoms with Gasteiger partial charge < -0.3 is 20.1 Å². The highest BCUT2D eigenvalue weighted by Gasteiger charge is 2.08. The van der Waals surface area contributed by atoms with Crippen molar-refractivity contribution >= 4 is 0 Å². The van der Waals surface area contributed by atoms with E-state index in [9.17, 15) is 0 Å². The van der Waals surface area contributed by atoms with Gasteiger partial charge in [0.05, 0.1) is 0 Å². The lowest BCUT2D eigenvalue weighted by Gasteiger charge is -2.10. The van der Waals surface area contributed by atoms with Gasteiger partial charge in [0.25, 0.3) is 0 Å². The fourth-order valence-corrected chi connectivity index (χ4v) is 0. The lowest BCUT2D eigenvalue weighted by molar-refractivity contribution is -0.145. The predicted octanol–water partition coefficient (Wildman–Crippen LogP) is 0.749. The fourth-order valence-electron chi connectivity index (χ4n) is 0. The number of hydrogen-bond acceptors (Lipinski definition) is 4. The number of aliphatic hydroxyl groups is 3. The summed E-state index contributed by atoms with van der Waals surface area (Å²) in [6.07, 6.45) is 1.26. The van der Waals surface area contributed by atoms with Gasteiger partial charge in [-0.2, -0.15) is 0 Å². The minimum absolute atomic E-state index is 0.319. The maximum absolute atomic E-state index is 8.38. The standard InChI is InChI=1S/C4H10O2.C3H8O.C2H6O/c1-3-4(2,5)6;1-2-3-4;1-3-2/h5-6H,3H2,1-2H3;4H,2-3H2,1H3;1-2H3. The van der Waals surface area contributed by atoms with E-state index in [1.807, 2.05) is 6.92 Å². The third kappa shape index (κ3) is 77.7. The van der Waals surface area contributed by atoms with E-state index in [2.05, 4.69) is 4.74 Å². The molecule has 0 aromatic rings. The van der Waals surface area contributed by atoms with Crippen molar-refractivity contribution in [3.05, 3.63) is 0 Å². The van der Waals surface area contributed by atoms with Crippen molar-refractivity contribution < 1.29 is 20.1 Å². The Kier molecular flexibility index (Phi) is 20.5. The number of ether oxygens (including phenoxy) is 1. The van der Waals surface area contributed by atoms with Crippen molar-refractivity contribution in [2.45, 2.75) is 39.4 Å². The Morgan fingerprint density at radius 1 is 1.15 bits per heavy atom. The van der Waals surface area contributed by atoms with E-state index >= 15 is 0 Å². The van der Waals surface area contributed by atoms with E-state index in [-0.39, 0.29) is 0 Å². The van der Waals surface area contributed by atoms with Crippen molar-refractivity contribution in [1.82, 2.24) is 0 Å². The van der Waals surface area contributed by atoms with E-state index in [1.165, 1.54) is 6.92 Å². The molecule has 0 atom stereocenters. The predicted molar refractivity (Wildman–Crippen MR) is 53.4 cm³/mol. The molecule has 0 saturated heterocycles. The first-order valence-electron chi connectivity index (χ1n) is 4.35. The molecule has 0 fully saturated rings. The van der Waals surface area contributed by atoms with E-state index in [4.69, 9.17) is 15.3 Å². The van der Waals surface area contributed by atoms with Crippen LogP contribution in [0.1, 0.15) is 33.6 Å². The van der Waals surface area contributed by atoms with Crippen molar-refractivity contribution in [3.8, 4) is 0 Å². The monoisotopic (exact) mass is 196 g/mol. The van der Waals surface area contributed by atoms with Crippen LogP contribution in [-0.4, -0.2) is 41.9 Å². The van der Waals surface area contributed by atoms with Crippen LogP contribution in [0, 0.1) is 0 Å². The summed E-state index contributed by atoms with van der Waals surface area (Å²) in [6.45, 7) is 5.31. The van der Waals surface area contributed by atoms with Gasteiger partial charge in [-0.1, -0.05) is 13.8 Å². The van der Waals surface area contributed by atoms with Crippen molar-refractivity contribution in [2.75, 3.05) is 20.8 Å². The minimum atomic E-state index is -1.46. The average Bonchev–Trinajstić information content (AvgIpc) is 2.05. The molecule has 0 aromatic heterocycles. The second-order valence-corrected chi connectivity index (χ2v) is 2.70. The first kappa shape index (κ1) is 18.6. The van der Waals surface area contributed by atoms with Crippen LogP contribution in [0.25, 0.3) is 0 Å². The lowest BCUT2D eigenvalue weighted by Crippen LogP contribution is -2.20. The van der Waals surface area contributed by atoms with Crippen molar-refractivity contribution in [1.29, 1.82) is 0 Å². The molecule has 0 heterocycles. The average molecular weight is 196 g/mol. The molecule has 0 aliphatic carbocycles. The molecule has 0 aromatic carbocycles. The van der Waals surface area contributed by atoms with Crippen LogP contribution in [0.15, 0.2) is 0 Å². The zero-order chi connectivity index (χ0) is 11.3. The molecule has 0 unspecified atom stereocenters. The summed E-state index contributed by atoms with van der Waals surface area (Å²) >= 11 is 0. The molecular weight excluding hydrogens is 172 g/mol. The quantitative estimate of drug-likeness (QED) is 0.570. The number of hydrogen-bond donors (Lipinski definition) is 3. The van der Waals surface area contributed by atoms with E-state index in [0.29, 0.717) is 13.0 Å².